The van der Waals surface area contributed by atoms with Crippen LogP contribution in [0.15, 0.2) is 42.7 Å². The van der Waals surface area contributed by atoms with Crippen molar-refractivity contribution in [2.75, 3.05) is 19.5 Å². The van der Waals surface area contributed by atoms with Gasteiger partial charge in [-0.05, 0) is 56.9 Å². The number of nitrogens with zero attached hydrogens (tertiary/aromatic N) is 5. The molecule has 11 nitrogen and oxygen atoms in total. The average molecular weight is 557 g/mol. The van der Waals surface area contributed by atoms with Gasteiger partial charge >= 0.3 is 0 Å². The summed E-state index contributed by atoms with van der Waals surface area (Å²) < 4.78 is 6.80. The van der Waals surface area contributed by atoms with Gasteiger partial charge < -0.3 is 25.6 Å². The zero-order chi connectivity index (χ0) is 28.8. The first-order chi connectivity index (χ1) is 19.8. The van der Waals surface area contributed by atoms with Crippen LogP contribution >= 0.6 is 0 Å². The third kappa shape index (κ3) is 4.51. The lowest BCUT2D eigenvalue weighted by molar-refractivity contribution is -0.138. The summed E-state index contributed by atoms with van der Waals surface area (Å²) in [5.41, 5.74) is 11.9. The highest BCUT2D eigenvalue weighted by Crippen LogP contribution is 2.44. The molecule has 1 aromatic carbocycles. The van der Waals surface area contributed by atoms with Crippen LogP contribution in [0.2, 0.25) is 0 Å². The first-order valence-corrected chi connectivity index (χ1v) is 13.7. The Balaban J connectivity index is 1.38. The van der Waals surface area contributed by atoms with Crippen molar-refractivity contribution in [2.24, 2.45) is 0 Å². The van der Waals surface area contributed by atoms with Gasteiger partial charge in [-0.1, -0.05) is 6.07 Å². The first-order valence-electron chi connectivity index (χ1n) is 13.7. The van der Waals surface area contributed by atoms with Gasteiger partial charge in [0.2, 0.25) is 5.91 Å². The SMILES string of the molecule is COc1ccc(-c2ccc(-c3cnn4c(N)c(C(C)=O)c(C5CC6CC[C@H](C5)N6C(=O)CO)nc34)cn2)cc1CO. The summed E-state index contributed by atoms with van der Waals surface area (Å²) >= 11 is 0. The number of carbonyl (C=O) groups is 2. The van der Waals surface area contributed by atoms with Crippen LogP contribution in [-0.2, 0) is 11.4 Å². The Morgan fingerprint density at radius 1 is 1.07 bits per heavy atom. The van der Waals surface area contributed by atoms with E-state index in [2.05, 4.69) is 10.1 Å². The maximum atomic E-state index is 12.8. The van der Waals surface area contributed by atoms with Gasteiger partial charge in [0.05, 0.1) is 36.9 Å². The number of carbonyl (C=O) groups excluding carboxylic acids is 2. The zero-order valence-electron chi connectivity index (χ0n) is 22.9. The molecule has 11 heteroatoms. The van der Waals surface area contributed by atoms with Crippen LogP contribution in [0.5, 0.6) is 5.75 Å². The van der Waals surface area contributed by atoms with Gasteiger partial charge in [-0.15, -0.1) is 0 Å². The van der Waals surface area contributed by atoms with Crippen molar-refractivity contribution in [2.45, 2.75) is 57.2 Å². The van der Waals surface area contributed by atoms with Crippen molar-refractivity contribution in [3.63, 3.8) is 0 Å². The number of ether oxygens (including phenoxy) is 1. The summed E-state index contributed by atoms with van der Waals surface area (Å²) in [6, 6.07) is 9.37. The molecule has 5 heterocycles. The Morgan fingerprint density at radius 2 is 1.80 bits per heavy atom. The Hall–Kier alpha value is -4.35. The van der Waals surface area contributed by atoms with Gasteiger partial charge in [0.1, 0.15) is 18.2 Å². The smallest absolute Gasteiger partial charge is 0.248 e. The number of aromatic nitrogens is 4. The number of nitrogens with two attached hydrogens (primary N) is 1. The fraction of sp³-hybridized carbons (Fsp3) is 0.367. The monoisotopic (exact) mass is 556 g/mol. The molecule has 4 aromatic rings. The van der Waals surface area contributed by atoms with E-state index in [0.717, 1.165) is 35.2 Å². The lowest BCUT2D eigenvalue weighted by Crippen LogP contribution is -2.47. The van der Waals surface area contributed by atoms with Crippen LogP contribution in [-0.4, -0.2) is 72.2 Å². The minimum absolute atomic E-state index is 0.00267. The maximum absolute atomic E-state index is 12.8. The summed E-state index contributed by atoms with van der Waals surface area (Å²) in [4.78, 5) is 36.7. The molecule has 1 amide bonds. The molecule has 2 unspecified atom stereocenters. The predicted octanol–water partition coefficient (Wildman–Crippen LogP) is 2.97. The highest BCUT2D eigenvalue weighted by Gasteiger charge is 2.44. The molecule has 2 aliphatic heterocycles. The predicted molar refractivity (Wildman–Crippen MR) is 151 cm³/mol. The number of piperidine rings is 1. The second-order valence-corrected chi connectivity index (χ2v) is 10.7. The molecule has 3 aromatic heterocycles. The molecule has 2 bridgehead atoms. The molecule has 2 saturated heterocycles. The molecule has 0 aliphatic carbocycles. The zero-order valence-corrected chi connectivity index (χ0v) is 22.9. The summed E-state index contributed by atoms with van der Waals surface area (Å²) in [5, 5.41) is 23.6. The number of aliphatic hydroxyl groups excluding tert-OH is 2. The van der Waals surface area contributed by atoms with Gasteiger partial charge in [0.25, 0.3) is 0 Å². The second-order valence-electron chi connectivity index (χ2n) is 10.7. The maximum Gasteiger partial charge on any atom is 0.248 e. The average Bonchev–Trinajstić information content (AvgIpc) is 3.54. The van der Waals surface area contributed by atoms with E-state index >= 15 is 0 Å². The standard InChI is InChI=1S/C30H32N6O5/c1-16(39)27-28(19-10-21-5-6-22(11-19)35(21)26(40)15-38)34-30-23(13-33-36(30)29(27)31)18-3-7-24(32-12-18)17-4-8-25(41-2)20(9-17)14-37/h3-4,7-9,12-13,19,21-22,37-38H,5-6,10-11,14-15,31H2,1-2H3/t19?,21-,22?/m1/s1. The van der Waals surface area contributed by atoms with E-state index in [1.807, 2.05) is 29.2 Å². The van der Waals surface area contributed by atoms with Crippen molar-refractivity contribution in [1.29, 1.82) is 0 Å². The molecule has 0 radical (unpaired) electrons. The van der Waals surface area contributed by atoms with Gasteiger partial charge in [-0.3, -0.25) is 14.6 Å². The fourth-order valence-corrected chi connectivity index (χ4v) is 6.57. The quantitative estimate of drug-likeness (QED) is 0.291. The molecular formula is C30H32N6O5. The van der Waals surface area contributed by atoms with E-state index in [0.29, 0.717) is 41.1 Å². The van der Waals surface area contributed by atoms with Crippen LogP contribution in [0.1, 0.15) is 60.1 Å². The number of Topliss-reactive ketones (excluding diaryl/α,β-unsaturated/α-hetero) is 1. The summed E-state index contributed by atoms with van der Waals surface area (Å²) in [5.74, 6) is 0.368. The van der Waals surface area contributed by atoms with Gasteiger partial charge in [0, 0.05) is 46.5 Å². The lowest BCUT2D eigenvalue weighted by Gasteiger charge is -2.39. The molecule has 3 atom stereocenters. The number of pyridine rings is 1. The van der Waals surface area contributed by atoms with Crippen LogP contribution in [0, 0.1) is 0 Å². The van der Waals surface area contributed by atoms with E-state index in [1.165, 1.54) is 11.4 Å². The third-order valence-corrected chi connectivity index (χ3v) is 8.43. The number of aliphatic hydroxyl groups is 2. The number of nitrogen functional groups attached to an aromatic ring is 1. The second kappa shape index (κ2) is 10.6. The minimum Gasteiger partial charge on any atom is -0.496 e. The van der Waals surface area contributed by atoms with E-state index in [9.17, 15) is 19.8 Å². The number of ketones is 1. The van der Waals surface area contributed by atoms with Crippen LogP contribution in [0.25, 0.3) is 28.0 Å². The van der Waals surface area contributed by atoms with Gasteiger partial charge in [-0.2, -0.15) is 9.61 Å². The van der Waals surface area contributed by atoms with Crippen molar-refractivity contribution < 1.29 is 24.5 Å². The van der Waals surface area contributed by atoms with Crippen molar-refractivity contribution in [1.82, 2.24) is 24.5 Å². The molecule has 212 valence electrons. The fourth-order valence-electron chi connectivity index (χ4n) is 6.57. The topological polar surface area (TPSA) is 156 Å². The van der Waals surface area contributed by atoms with Gasteiger partial charge in [-0.25, -0.2) is 4.98 Å². The number of benzene rings is 1. The largest absolute Gasteiger partial charge is 0.496 e. The number of hydrogen-bond donors (Lipinski definition) is 3. The molecule has 2 fully saturated rings. The number of hydrogen-bond acceptors (Lipinski definition) is 9. The molecule has 2 aliphatic rings. The normalized spacial score (nSPS) is 20.0. The molecule has 4 N–H and O–H groups in total. The number of rotatable bonds is 7. The van der Waals surface area contributed by atoms with E-state index in [1.54, 1.807) is 25.6 Å². The van der Waals surface area contributed by atoms with Crippen LogP contribution < -0.4 is 10.5 Å². The number of fused-ring (bicyclic) bond motifs is 3. The molecular weight excluding hydrogens is 524 g/mol. The Kier molecular flexibility index (Phi) is 6.92. The minimum atomic E-state index is -0.499. The van der Waals surface area contributed by atoms with E-state index < -0.39 is 6.61 Å². The van der Waals surface area contributed by atoms with E-state index in [-0.39, 0.29) is 42.1 Å². The highest BCUT2D eigenvalue weighted by molar-refractivity contribution is 6.00. The highest BCUT2D eigenvalue weighted by atomic mass is 16.5. The van der Waals surface area contributed by atoms with Gasteiger partial charge in [0.15, 0.2) is 11.4 Å². The summed E-state index contributed by atoms with van der Waals surface area (Å²) in [6.07, 6.45) is 6.45. The summed E-state index contributed by atoms with van der Waals surface area (Å²) in [7, 11) is 1.56. The number of amides is 1. The molecule has 0 saturated carbocycles. The van der Waals surface area contributed by atoms with E-state index in [4.69, 9.17) is 15.5 Å². The molecule has 6 rings (SSSR count). The molecule has 41 heavy (non-hydrogen) atoms. The van der Waals surface area contributed by atoms with Crippen molar-refractivity contribution in [3.8, 4) is 28.1 Å². The van der Waals surface area contributed by atoms with Crippen molar-refractivity contribution in [3.05, 3.63) is 59.5 Å². The van der Waals surface area contributed by atoms with Crippen LogP contribution in [0.3, 0.4) is 0 Å². The molecule has 0 spiro atoms. The Bertz CT molecular complexity index is 1640. The Morgan fingerprint density at radius 3 is 2.41 bits per heavy atom. The van der Waals surface area contributed by atoms with Crippen LogP contribution in [0.4, 0.5) is 5.82 Å². The van der Waals surface area contributed by atoms with Crippen molar-refractivity contribution >= 4 is 23.2 Å². The first kappa shape index (κ1) is 26.9. The number of anilines is 1. The number of methoxy groups -OCH3 is 1. The third-order valence-electron chi connectivity index (χ3n) is 8.43. The lowest BCUT2D eigenvalue weighted by atomic mass is 9.85. The summed E-state index contributed by atoms with van der Waals surface area (Å²) in [6.45, 7) is 0.837. The Labute approximate surface area is 236 Å².